The Hall–Kier alpha value is -1.46. The van der Waals surface area contributed by atoms with E-state index in [1.54, 1.807) is 6.07 Å². The topological polar surface area (TPSA) is 56.8 Å². The molecule has 1 N–H and O–H groups in total. The average molecular weight is 312 g/mol. The van der Waals surface area contributed by atoms with E-state index in [-0.39, 0.29) is 18.4 Å². The molecule has 1 aromatic carbocycles. The Morgan fingerprint density at radius 2 is 2.14 bits per heavy atom. The molecule has 1 aromatic rings. The van der Waals surface area contributed by atoms with Crippen LogP contribution in [0.25, 0.3) is 0 Å². The summed E-state index contributed by atoms with van der Waals surface area (Å²) in [5, 5.41) is 3.37. The summed E-state index contributed by atoms with van der Waals surface area (Å²) >= 11 is 6.15. The summed E-state index contributed by atoms with van der Waals surface area (Å²) in [7, 11) is 0. The molecule has 2 aliphatic heterocycles. The van der Waals surface area contributed by atoms with Crippen LogP contribution in [0.5, 0.6) is 11.5 Å². The quantitative estimate of drug-likeness (QED) is 0.923. The van der Waals surface area contributed by atoms with Crippen molar-refractivity contribution in [2.24, 2.45) is 0 Å². The molecule has 0 radical (unpaired) electrons. The standard InChI is InChI=1S/C15H18ClNO4/c16-12-6-10(7-13-15(12)21-5-4-20-13)8-14(18)17-9-11-2-1-3-19-11/h6-7,11H,1-5,8-9H2,(H,17,18)/t11-/m1/s1. The summed E-state index contributed by atoms with van der Waals surface area (Å²) in [5.74, 6) is 1.13. The van der Waals surface area contributed by atoms with Gasteiger partial charge in [0.05, 0.1) is 17.5 Å². The summed E-state index contributed by atoms with van der Waals surface area (Å²) in [6.07, 6.45) is 2.50. The van der Waals surface area contributed by atoms with Gasteiger partial charge in [0.15, 0.2) is 11.5 Å². The van der Waals surface area contributed by atoms with E-state index >= 15 is 0 Å². The number of halogens is 1. The molecule has 0 bridgehead atoms. The first kappa shape index (κ1) is 14.5. The highest BCUT2D eigenvalue weighted by Gasteiger charge is 2.19. The second-order valence-corrected chi connectivity index (χ2v) is 5.62. The van der Waals surface area contributed by atoms with E-state index in [0.717, 1.165) is 25.0 Å². The van der Waals surface area contributed by atoms with Crippen molar-refractivity contribution in [2.45, 2.75) is 25.4 Å². The van der Waals surface area contributed by atoms with Crippen LogP contribution in [0.15, 0.2) is 12.1 Å². The SMILES string of the molecule is O=C(Cc1cc(Cl)c2c(c1)OCCO2)NC[C@H]1CCCO1. The molecule has 3 rings (SSSR count). The lowest BCUT2D eigenvalue weighted by Crippen LogP contribution is -2.32. The zero-order valence-electron chi connectivity index (χ0n) is 11.7. The number of amides is 1. The van der Waals surface area contributed by atoms with Gasteiger partial charge in [0.2, 0.25) is 5.91 Å². The van der Waals surface area contributed by atoms with Crippen molar-refractivity contribution in [3.63, 3.8) is 0 Å². The monoisotopic (exact) mass is 311 g/mol. The highest BCUT2D eigenvalue weighted by atomic mass is 35.5. The Labute approximate surface area is 128 Å². The summed E-state index contributed by atoms with van der Waals surface area (Å²) in [5.41, 5.74) is 0.814. The minimum Gasteiger partial charge on any atom is -0.486 e. The van der Waals surface area contributed by atoms with Crippen molar-refractivity contribution in [2.75, 3.05) is 26.4 Å². The van der Waals surface area contributed by atoms with E-state index in [1.807, 2.05) is 6.07 Å². The van der Waals surface area contributed by atoms with Gasteiger partial charge < -0.3 is 19.5 Å². The summed E-state index contributed by atoms with van der Waals surface area (Å²) < 4.78 is 16.4. The second-order valence-electron chi connectivity index (χ2n) is 5.22. The van der Waals surface area contributed by atoms with Crippen molar-refractivity contribution >= 4 is 17.5 Å². The van der Waals surface area contributed by atoms with Gasteiger partial charge in [-0.3, -0.25) is 4.79 Å². The third kappa shape index (κ3) is 3.60. The Morgan fingerprint density at radius 3 is 2.95 bits per heavy atom. The molecule has 114 valence electrons. The van der Waals surface area contributed by atoms with E-state index in [1.165, 1.54) is 0 Å². The van der Waals surface area contributed by atoms with E-state index in [2.05, 4.69) is 5.32 Å². The minimum absolute atomic E-state index is 0.0433. The first-order valence-electron chi connectivity index (χ1n) is 7.18. The minimum atomic E-state index is -0.0433. The molecule has 0 spiro atoms. The number of fused-ring (bicyclic) bond motifs is 1. The van der Waals surface area contributed by atoms with Crippen molar-refractivity contribution in [3.8, 4) is 11.5 Å². The number of nitrogens with one attached hydrogen (secondary N) is 1. The largest absolute Gasteiger partial charge is 0.486 e. The molecule has 0 saturated carbocycles. The molecule has 1 saturated heterocycles. The number of hydrogen-bond donors (Lipinski definition) is 1. The number of ether oxygens (including phenoxy) is 3. The highest BCUT2D eigenvalue weighted by molar-refractivity contribution is 6.32. The van der Waals surface area contributed by atoms with Crippen molar-refractivity contribution < 1.29 is 19.0 Å². The zero-order chi connectivity index (χ0) is 14.7. The van der Waals surface area contributed by atoms with Crippen molar-refractivity contribution in [3.05, 3.63) is 22.7 Å². The van der Waals surface area contributed by atoms with Crippen LogP contribution in [0, 0.1) is 0 Å². The predicted molar refractivity (Wildman–Crippen MR) is 78.1 cm³/mol. The van der Waals surface area contributed by atoms with Gasteiger partial charge in [-0.05, 0) is 30.5 Å². The molecule has 6 heteroatoms. The van der Waals surface area contributed by atoms with Crippen LogP contribution in [0.3, 0.4) is 0 Å². The van der Waals surface area contributed by atoms with Crippen LogP contribution < -0.4 is 14.8 Å². The molecule has 1 amide bonds. The lowest BCUT2D eigenvalue weighted by Gasteiger charge is -2.20. The van der Waals surface area contributed by atoms with Gasteiger partial charge in [0, 0.05) is 13.2 Å². The molecule has 0 unspecified atom stereocenters. The molecule has 0 aliphatic carbocycles. The van der Waals surface area contributed by atoms with Gasteiger partial charge >= 0.3 is 0 Å². The van der Waals surface area contributed by atoms with Gasteiger partial charge in [-0.15, -0.1) is 0 Å². The zero-order valence-corrected chi connectivity index (χ0v) is 12.4. The van der Waals surface area contributed by atoms with Crippen molar-refractivity contribution in [1.29, 1.82) is 0 Å². The van der Waals surface area contributed by atoms with Crippen LogP contribution in [-0.4, -0.2) is 38.4 Å². The summed E-state index contributed by atoms with van der Waals surface area (Å²) in [6.45, 7) is 2.35. The van der Waals surface area contributed by atoms with E-state index < -0.39 is 0 Å². The summed E-state index contributed by atoms with van der Waals surface area (Å²) in [6, 6.07) is 3.56. The first-order valence-corrected chi connectivity index (χ1v) is 7.56. The van der Waals surface area contributed by atoms with Gasteiger partial charge in [0.25, 0.3) is 0 Å². The molecule has 2 heterocycles. The molecular weight excluding hydrogens is 294 g/mol. The molecule has 5 nitrogen and oxygen atoms in total. The molecule has 1 fully saturated rings. The van der Waals surface area contributed by atoms with Crippen LogP contribution in [0.4, 0.5) is 0 Å². The second kappa shape index (κ2) is 6.54. The molecule has 21 heavy (non-hydrogen) atoms. The lowest BCUT2D eigenvalue weighted by molar-refractivity contribution is -0.120. The smallest absolute Gasteiger partial charge is 0.224 e. The molecule has 0 aromatic heterocycles. The lowest BCUT2D eigenvalue weighted by atomic mass is 10.1. The average Bonchev–Trinajstić information content (AvgIpc) is 2.98. The van der Waals surface area contributed by atoms with Crippen LogP contribution in [-0.2, 0) is 16.0 Å². The summed E-state index contributed by atoms with van der Waals surface area (Å²) in [4.78, 5) is 12.0. The normalized spacial score (nSPS) is 20.3. The Kier molecular flexibility index (Phi) is 4.51. The first-order chi connectivity index (χ1) is 10.2. The van der Waals surface area contributed by atoms with E-state index in [0.29, 0.717) is 36.3 Å². The maximum Gasteiger partial charge on any atom is 0.224 e. The van der Waals surface area contributed by atoms with Crippen LogP contribution in [0.1, 0.15) is 18.4 Å². The van der Waals surface area contributed by atoms with E-state index in [9.17, 15) is 4.79 Å². The van der Waals surface area contributed by atoms with Crippen LogP contribution in [0.2, 0.25) is 5.02 Å². The van der Waals surface area contributed by atoms with Gasteiger partial charge in [-0.2, -0.15) is 0 Å². The fraction of sp³-hybridized carbons (Fsp3) is 0.533. The van der Waals surface area contributed by atoms with E-state index in [4.69, 9.17) is 25.8 Å². The molecule has 2 aliphatic rings. The molecule has 1 atom stereocenters. The molecular formula is C15H18ClNO4. The van der Waals surface area contributed by atoms with Crippen LogP contribution >= 0.6 is 11.6 Å². The number of carbonyl (C=O) groups excluding carboxylic acids is 1. The Morgan fingerprint density at radius 1 is 1.29 bits per heavy atom. The fourth-order valence-corrected chi connectivity index (χ4v) is 2.84. The van der Waals surface area contributed by atoms with Gasteiger partial charge in [0.1, 0.15) is 13.2 Å². The highest BCUT2D eigenvalue weighted by Crippen LogP contribution is 2.38. The Balaban J connectivity index is 1.59. The maximum atomic E-state index is 12.0. The van der Waals surface area contributed by atoms with Gasteiger partial charge in [-0.25, -0.2) is 0 Å². The van der Waals surface area contributed by atoms with Crippen molar-refractivity contribution in [1.82, 2.24) is 5.32 Å². The Bertz CT molecular complexity index is 529. The number of rotatable bonds is 4. The predicted octanol–water partition coefficient (Wildman–Crippen LogP) is 1.95. The third-order valence-electron chi connectivity index (χ3n) is 3.57. The fourth-order valence-electron chi connectivity index (χ4n) is 2.55. The number of hydrogen-bond acceptors (Lipinski definition) is 4. The third-order valence-corrected chi connectivity index (χ3v) is 3.85. The van der Waals surface area contributed by atoms with Gasteiger partial charge in [-0.1, -0.05) is 11.6 Å². The number of carbonyl (C=O) groups is 1. The maximum absolute atomic E-state index is 12.0. The number of benzene rings is 1.